The fraction of sp³-hybridized carbons (Fsp3) is 0.667. The molecule has 1 saturated heterocycles. The number of allylic oxidation sites excluding steroid dienone is 2. The van der Waals surface area contributed by atoms with E-state index in [0.717, 1.165) is 11.6 Å². The quantitative estimate of drug-likeness (QED) is 0.125. The van der Waals surface area contributed by atoms with Gasteiger partial charge in [-0.3, -0.25) is 4.79 Å². The first kappa shape index (κ1) is 38.5. The summed E-state index contributed by atoms with van der Waals surface area (Å²) in [6, 6.07) is 9.63. The van der Waals surface area contributed by atoms with Gasteiger partial charge in [0.05, 0.1) is 29.6 Å². The number of hydrogen-bond acceptors (Lipinski definition) is 9. The van der Waals surface area contributed by atoms with Gasteiger partial charge in [0.1, 0.15) is 18.0 Å². The number of ether oxygens (including phenoxy) is 3. The van der Waals surface area contributed by atoms with Gasteiger partial charge in [-0.1, -0.05) is 57.5 Å². The van der Waals surface area contributed by atoms with E-state index in [4.69, 9.17) is 14.2 Å². The molecular weight excluding hydrogens is 606 g/mol. The van der Waals surface area contributed by atoms with Crippen LogP contribution in [0.1, 0.15) is 84.6 Å². The van der Waals surface area contributed by atoms with Crippen molar-refractivity contribution in [3.63, 3.8) is 0 Å². The van der Waals surface area contributed by atoms with Gasteiger partial charge in [0, 0.05) is 44.0 Å². The third kappa shape index (κ3) is 10.3. The molecule has 1 aliphatic heterocycles. The summed E-state index contributed by atoms with van der Waals surface area (Å²) in [6.45, 7) is 8.31. The predicted octanol–water partition coefficient (Wildman–Crippen LogP) is 4.96. The molecule has 1 aromatic rings. The molecule has 1 amide bonds. The topological polar surface area (TPSA) is 175 Å². The second-order valence-corrected chi connectivity index (χ2v) is 13.2. The number of carboxylic acid groups (broad SMARTS) is 1. The zero-order valence-corrected chi connectivity index (χ0v) is 28.4. The molecule has 3 rings (SSSR count). The molecule has 47 heavy (non-hydrogen) atoms. The van der Waals surface area contributed by atoms with E-state index in [1.165, 1.54) is 7.11 Å². The molecular formula is C36H55NO10. The van der Waals surface area contributed by atoms with Crippen molar-refractivity contribution in [2.24, 2.45) is 17.3 Å². The SMILES string of the molecule is CCO[C@@H]1C[C@@H](C(NC(=O)[C@@H](O)CCc2ccccc2)OC)OC(C[C@H](O)CCCC2CC(C)C(O)=CC(O)=C2C(=O)O)C1(C)CC. The Morgan fingerprint density at radius 2 is 1.81 bits per heavy atom. The third-order valence-electron chi connectivity index (χ3n) is 10.0. The Balaban J connectivity index is 1.66. The number of aliphatic carboxylic acids is 1. The highest BCUT2D eigenvalue weighted by Gasteiger charge is 2.50. The summed E-state index contributed by atoms with van der Waals surface area (Å²) in [5, 5.41) is 54.9. The highest BCUT2D eigenvalue weighted by molar-refractivity contribution is 5.88. The van der Waals surface area contributed by atoms with Gasteiger partial charge in [-0.15, -0.1) is 0 Å². The third-order valence-corrected chi connectivity index (χ3v) is 10.0. The van der Waals surface area contributed by atoms with E-state index in [2.05, 4.69) is 19.2 Å². The maximum absolute atomic E-state index is 13.0. The molecule has 5 unspecified atom stereocenters. The van der Waals surface area contributed by atoms with Crippen LogP contribution in [0.25, 0.3) is 0 Å². The van der Waals surface area contributed by atoms with Crippen molar-refractivity contribution in [3.05, 3.63) is 59.1 Å². The molecule has 0 aromatic heterocycles. The molecule has 1 aromatic carbocycles. The second kappa shape index (κ2) is 18.0. The van der Waals surface area contributed by atoms with Crippen LogP contribution in [0.5, 0.6) is 0 Å². The first-order chi connectivity index (χ1) is 22.3. The van der Waals surface area contributed by atoms with Gasteiger partial charge in [0.15, 0.2) is 6.23 Å². The molecule has 9 atom stereocenters. The minimum atomic E-state index is -1.23. The van der Waals surface area contributed by atoms with Crippen LogP contribution in [-0.2, 0) is 30.2 Å². The van der Waals surface area contributed by atoms with Crippen molar-refractivity contribution in [2.45, 2.75) is 122 Å². The van der Waals surface area contributed by atoms with Crippen molar-refractivity contribution in [2.75, 3.05) is 13.7 Å². The van der Waals surface area contributed by atoms with E-state index >= 15 is 0 Å². The molecule has 1 fully saturated rings. The maximum atomic E-state index is 13.0. The Kier molecular flexibility index (Phi) is 14.7. The number of hydrogen-bond donors (Lipinski definition) is 6. The number of rotatable bonds is 17. The van der Waals surface area contributed by atoms with Crippen molar-refractivity contribution in [3.8, 4) is 0 Å². The van der Waals surface area contributed by atoms with Crippen LogP contribution in [0.15, 0.2) is 53.5 Å². The van der Waals surface area contributed by atoms with Crippen molar-refractivity contribution < 1.29 is 49.3 Å². The lowest BCUT2D eigenvalue weighted by Crippen LogP contribution is -2.59. The van der Waals surface area contributed by atoms with Gasteiger partial charge < -0.3 is 45.1 Å². The summed E-state index contributed by atoms with van der Waals surface area (Å²) in [5.74, 6) is -3.06. The minimum absolute atomic E-state index is 0.0530. The monoisotopic (exact) mass is 661 g/mol. The number of methoxy groups -OCH3 is 1. The zero-order chi connectivity index (χ0) is 34.7. The number of carboxylic acids is 1. The van der Waals surface area contributed by atoms with Crippen LogP contribution in [0, 0.1) is 17.3 Å². The van der Waals surface area contributed by atoms with E-state index in [1.54, 1.807) is 6.92 Å². The number of amides is 1. The normalized spacial score (nSPS) is 28.6. The number of aryl methyl sites for hydroxylation is 1. The number of benzene rings is 1. The molecule has 1 heterocycles. The van der Waals surface area contributed by atoms with Crippen LogP contribution in [0.2, 0.25) is 0 Å². The van der Waals surface area contributed by atoms with Crippen LogP contribution >= 0.6 is 0 Å². The maximum Gasteiger partial charge on any atom is 0.335 e. The van der Waals surface area contributed by atoms with Crippen LogP contribution < -0.4 is 5.32 Å². The molecule has 11 heteroatoms. The van der Waals surface area contributed by atoms with Crippen LogP contribution in [-0.4, -0.2) is 87.9 Å². The fourth-order valence-corrected chi connectivity index (χ4v) is 6.91. The van der Waals surface area contributed by atoms with Crippen molar-refractivity contribution >= 4 is 11.9 Å². The van der Waals surface area contributed by atoms with Crippen LogP contribution in [0.4, 0.5) is 0 Å². The summed E-state index contributed by atoms with van der Waals surface area (Å²) in [4.78, 5) is 24.9. The summed E-state index contributed by atoms with van der Waals surface area (Å²) < 4.78 is 18.5. The molecule has 6 N–H and O–H groups in total. The number of carbonyl (C=O) groups is 2. The Labute approximate surface area is 278 Å². The van der Waals surface area contributed by atoms with Crippen molar-refractivity contribution in [1.29, 1.82) is 0 Å². The summed E-state index contributed by atoms with van der Waals surface area (Å²) in [6.07, 6.45) is 0.849. The van der Waals surface area contributed by atoms with Gasteiger partial charge in [0.2, 0.25) is 0 Å². The molecule has 11 nitrogen and oxygen atoms in total. The Bertz CT molecular complexity index is 1220. The summed E-state index contributed by atoms with van der Waals surface area (Å²) in [7, 11) is 1.47. The molecule has 0 saturated carbocycles. The lowest BCUT2D eigenvalue weighted by Gasteiger charge is -2.51. The number of nitrogens with one attached hydrogen (secondary N) is 1. The highest BCUT2D eigenvalue weighted by atomic mass is 16.6. The fourth-order valence-electron chi connectivity index (χ4n) is 6.91. The standard InChI is InChI=1S/C36H55NO10/c1-6-36(4)30(46-7-2)21-29(34(45-5)37-33(42)26(39)17-16-23-12-9-8-10-13-23)47-31(36)19-25(38)15-11-14-24-18-22(3)27(40)20-28(41)32(24)35(43)44/h8-10,12-13,20,22,24-26,29-31,34,38-41H,6-7,11,14-19,21H2,1-5H3,(H,37,42)(H,43,44)/t22?,24?,25-,26+,29+,30-,31?,34?,36?/m1/s1. The average molecular weight is 662 g/mol. The molecule has 1 aliphatic carbocycles. The highest BCUT2D eigenvalue weighted by Crippen LogP contribution is 2.44. The first-order valence-corrected chi connectivity index (χ1v) is 16.9. The predicted molar refractivity (Wildman–Crippen MR) is 177 cm³/mol. The molecule has 0 radical (unpaired) electrons. The van der Waals surface area contributed by atoms with E-state index in [-0.39, 0.29) is 36.2 Å². The summed E-state index contributed by atoms with van der Waals surface area (Å²) in [5.41, 5.74) is 0.454. The second-order valence-electron chi connectivity index (χ2n) is 13.2. The van der Waals surface area contributed by atoms with E-state index in [0.29, 0.717) is 51.6 Å². The van der Waals surface area contributed by atoms with Gasteiger partial charge in [-0.25, -0.2) is 4.79 Å². The average Bonchev–Trinajstić information content (AvgIpc) is 3.14. The van der Waals surface area contributed by atoms with Gasteiger partial charge in [-0.2, -0.15) is 0 Å². The molecule has 0 bridgehead atoms. The van der Waals surface area contributed by atoms with Crippen molar-refractivity contribution in [1.82, 2.24) is 5.32 Å². The Morgan fingerprint density at radius 1 is 1.11 bits per heavy atom. The number of aliphatic hydroxyl groups excluding tert-OH is 4. The van der Waals surface area contributed by atoms with Gasteiger partial charge in [-0.05, 0) is 56.9 Å². The summed E-state index contributed by atoms with van der Waals surface area (Å²) >= 11 is 0. The van der Waals surface area contributed by atoms with Gasteiger partial charge in [0.25, 0.3) is 5.91 Å². The number of carbonyl (C=O) groups excluding carboxylic acids is 1. The van der Waals surface area contributed by atoms with Crippen LogP contribution in [0.3, 0.4) is 0 Å². The lowest BCUT2D eigenvalue weighted by molar-refractivity contribution is -0.230. The largest absolute Gasteiger partial charge is 0.512 e. The Hall–Kier alpha value is -2.96. The Morgan fingerprint density at radius 3 is 2.43 bits per heavy atom. The molecule has 0 spiro atoms. The van der Waals surface area contributed by atoms with E-state index in [1.807, 2.05) is 37.3 Å². The van der Waals surface area contributed by atoms with E-state index < -0.39 is 59.6 Å². The van der Waals surface area contributed by atoms with Gasteiger partial charge >= 0.3 is 5.97 Å². The zero-order valence-electron chi connectivity index (χ0n) is 28.4. The molecule has 264 valence electrons. The minimum Gasteiger partial charge on any atom is -0.512 e. The molecule has 2 aliphatic rings. The number of aliphatic hydroxyl groups is 4. The first-order valence-electron chi connectivity index (χ1n) is 16.9. The smallest absolute Gasteiger partial charge is 0.335 e. The lowest BCUT2D eigenvalue weighted by atomic mass is 9.70. The van der Waals surface area contributed by atoms with E-state index in [9.17, 15) is 35.1 Å².